The van der Waals surface area contributed by atoms with E-state index in [4.69, 9.17) is 4.74 Å². The standard InChI is InChI=1S/C15H21NO2/c1-3-16-11(2)10-15(17)12-4-6-13(7-5-12)18-14-8-9-14/h4-7,11,14,16H,3,8-10H2,1-2H3. The van der Waals surface area contributed by atoms with Gasteiger partial charge in [-0.2, -0.15) is 0 Å². The van der Waals surface area contributed by atoms with E-state index in [-0.39, 0.29) is 11.8 Å². The fraction of sp³-hybridized carbons (Fsp3) is 0.533. The van der Waals surface area contributed by atoms with Gasteiger partial charge in [0.05, 0.1) is 6.10 Å². The minimum Gasteiger partial charge on any atom is -0.490 e. The second kappa shape index (κ2) is 6.01. The third-order valence-electron chi connectivity index (χ3n) is 3.05. The second-order valence-corrected chi connectivity index (χ2v) is 4.93. The molecule has 3 nitrogen and oxygen atoms in total. The van der Waals surface area contributed by atoms with Crippen molar-refractivity contribution in [3.05, 3.63) is 29.8 Å². The zero-order valence-electron chi connectivity index (χ0n) is 11.1. The summed E-state index contributed by atoms with van der Waals surface area (Å²) in [7, 11) is 0. The first-order chi connectivity index (χ1) is 8.69. The lowest BCUT2D eigenvalue weighted by Gasteiger charge is -2.11. The molecular formula is C15H21NO2. The first kappa shape index (κ1) is 13.1. The highest BCUT2D eigenvalue weighted by Crippen LogP contribution is 2.26. The van der Waals surface area contributed by atoms with E-state index in [9.17, 15) is 4.79 Å². The molecule has 0 saturated heterocycles. The van der Waals surface area contributed by atoms with E-state index >= 15 is 0 Å². The van der Waals surface area contributed by atoms with Crippen molar-refractivity contribution in [3.63, 3.8) is 0 Å². The number of hydrogen-bond acceptors (Lipinski definition) is 3. The van der Waals surface area contributed by atoms with Crippen LogP contribution in [0.25, 0.3) is 0 Å². The van der Waals surface area contributed by atoms with Crippen molar-refractivity contribution in [2.24, 2.45) is 0 Å². The molecule has 1 atom stereocenters. The first-order valence-corrected chi connectivity index (χ1v) is 6.72. The molecule has 98 valence electrons. The highest BCUT2D eigenvalue weighted by atomic mass is 16.5. The Hall–Kier alpha value is -1.35. The van der Waals surface area contributed by atoms with Crippen LogP contribution < -0.4 is 10.1 Å². The number of Topliss-reactive ketones (excluding diaryl/α,β-unsaturated/α-hetero) is 1. The summed E-state index contributed by atoms with van der Waals surface area (Å²) >= 11 is 0. The third kappa shape index (κ3) is 3.84. The van der Waals surface area contributed by atoms with Crippen molar-refractivity contribution in [3.8, 4) is 5.75 Å². The number of benzene rings is 1. The Bertz CT molecular complexity index is 395. The van der Waals surface area contributed by atoms with Crippen LogP contribution in [0, 0.1) is 0 Å². The van der Waals surface area contributed by atoms with Crippen molar-refractivity contribution in [1.29, 1.82) is 0 Å². The minimum atomic E-state index is 0.182. The van der Waals surface area contributed by atoms with Gasteiger partial charge in [0.15, 0.2) is 5.78 Å². The van der Waals surface area contributed by atoms with Crippen LogP contribution in [-0.2, 0) is 0 Å². The molecule has 1 aromatic carbocycles. The molecule has 3 heteroatoms. The highest BCUT2D eigenvalue weighted by Gasteiger charge is 2.23. The molecule has 1 unspecified atom stereocenters. The molecule has 2 rings (SSSR count). The Morgan fingerprint density at radius 1 is 1.39 bits per heavy atom. The number of carbonyl (C=O) groups excluding carboxylic acids is 1. The van der Waals surface area contributed by atoms with Gasteiger partial charge in [0, 0.05) is 18.0 Å². The van der Waals surface area contributed by atoms with Gasteiger partial charge in [0.2, 0.25) is 0 Å². The summed E-state index contributed by atoms with van der Waals surface area (Å²) in [6, 6.07) is 7.73. The van der Waals surface area contributed by atoms with E-state index in [1.165, 1.54) is 0 Å². The molecule has 1 aromatic rings. The molecule has 0 bridgehead atoms. The Kier molecular flexibility index (Phi) is 4.37. The fourth-order valence-corrected chi connectivity index (χ4v) is 1.91. The van der Waals surface area contributed by atoms with E-state index in [1.807, 2.05) is 38.1 Å². The van der Waals surface area contributed by atoms with Gasteiger partial charge in [0.1, 0.15) is 5.75 Å². The molecule has 0 aromatic heterocycles. The Labute approximate surface area is 109 Å². The predicted molar refractivity (Wildman–Crippen MR) is 72.2 cm³/mol. The van der Waals surface area contributed by atoms with Crippen molar-refractivity contribution in [2.75, 3.05) is 6.54 Å². The SMILES string of the molecule is CCNC(C)CC(=O)c1ccc(OC2CC2)cc1. The fourth-order valence-electron chi connectivity index (χ4n) is 1.91. The van der Waals surface area contributed by atoms with E-state index in [1.54, 1.807) is 0 Å². The molecule has 0 radical (unpaired) electrons. The second-order valence-electron chi connectivity index (χ2n) is 4.93. The monoisotopic (exact) mass is 247 g/mol. The third-order valence-corrected chi connectivity index (χ3v) is 3.05. The number of carbonyl (C=O) groups is 1. The molecular weight excluding hydrogens is 226 g/mol. The van der Waals surface area contributed by atoms with Gasteiger partial charge in [0.25, 0.3) is 0 Å². The molecule has 1 saturated carbocycles. The van der Waals surface area contributed by atoms with Gasteiger partial charge in [-0.25, -0.2) is 0 Å². The maximum Gasteiger partial charge on any atom is 0.164 e. The number of nitrogens with one attached hydrogen (secondary N) is 1. The van der Waals surface area contributed by atoms with Crippen molar-refractivity contribution >= 4 is 5.78 Å². The molecule has 1 aliphatic carbocycles. The number of ether oxygens (including phenoxy) is 1. The average molecular weight is 247 g/mol. The van der Waals surface area contributed by atoms with Gasteiger partial charge in [-0.1, -0.05) is 6.92 Å². The minimum absolute atomic E-state index is 0.182. The number of hydrogen-bond donors (Lipinski definition) is 1. The predicted octanol–water partition coefficient (Wildman–Crippen LogP) is 2.80. The van der Waals surface area contributed by atoms with Gasteiger partial charge in [-0.3, -0.25) is 4.79 Å². The first-order valence-electron chi connectivity index (χ1n) is 6.72. The Morgan fingerprint density at radius 2 is 2.06 bits per heavy atom. The topological polar surface area (TPSA) is 38.3 Å². The molecule has 0 spiro atoms. The molecule has 1 N–H and O–H groups in total. The maximum absolute atomic E-state index is 12.0. The van der Waals surface area contributed by atoms with E-state index < -0.39 is 0 Å². The summed E-state index contributed by atoms with van der Waals surface area (Å²) < 4.78 is 5.66. The van der Waals surface area contributed by atoms with E-state index in [0.717, 1.165) is 30.7 Å². The number of ketones is 1. The van der Waals surface area contributed by atoms with Crippen LogP contribution in [0.4, 0.5) is 0 Å². The van der Waals surface area contributed by atoms with Crippen LogP contribution in [0.2, 0.25) is 0 Å². The van der Waals surface area contributed by atoms with Crippen LogP contribution in [0.1, 0.15) is 43.5 Å². The van der Waals surface area contributed by atoms with Crippen molar-refractivity contribution < 1.29 is 9.53 Å². The highest BCUT2D eigenvalue weighted by molar-refractivity contribution is 5.96. The van der Waals surface area contributed by atoms with E-state index in [0.29, 0.717) is 12.5 Å². The average Bonchev–Trinajstić information content (AvgIpc) is 3.14. The molecule has 18 heavy (non-hydrogen) atoms. The van der Waals surface area contributed by atoms with Crippen LogP contribution >= 0.6 is 0 Å². The van der Waals surface area contributed by atoms with Crippen LogP contribution in [0.15, 0.2) is 24.3 Å². The van der Waals surface area contributed by atoms with E-state index in [2.05, 4.69) is 5.32 Å². The Balaban J connectivity index is 1.89. The zero-order valence-corrected chi connectivity index (χ0v) is 11.1. The van der Waals surface area contributed by atoms with Crippen LogP contribution in [-0.4, -0.2) is 24.5 Å². The largest absolute Gasteiger partial charge is 0.490 e. The van der Waals surface area contributed by atoms with Crippen LogP contribution in [0.5, 0.6) is 5.75 Å². The molecule has 0 heterocycles. The van der Waals surface area contributed by atoms with Crippen LogP contribution in [0.3, 0.4) is 0 Å². The van der Waals surface area contributed by atoms with Gasteiger partial charge < -0.3 is 10.1 Å². The summed E-state index contributed by atoms with van der Waals surface area (Å²) in [5.41, 5.74) is 0.767. The Morgan fingerprint density at radius 3 is 2.61 bits per heavy atom. The summed E-state index contributed by atoms with van der Waals surface area (Å²) in [4.78, 5) is 12.0. The van der Waals surface area contributed by atoms with Crippen molar-refractivity contribution in [1.82, 2.24) is 5.32 Å². The summed E-state index contributed by atoms with van der Waals surface area (Å²) in [6.07, 6.45) is 3.25. The lowest BCUT2D eigenvalue weighted by atomic mass is 10.0. The summed E-state index contributed by atoms with van der Waals surface area (Å²) in [6.45, 7) is 4.97. The molecule has 0 aliphatic heterocycles. The maximum atomic E-state index is 12.0. The smallest absolute Gasteiger partial charge is 0.164 e. The zero-order chi connectivity index (χ0) is 13.0. The van der Waals surface area contributed by atoms with Gasteiger partial charge in [-0.15, -0.1) is 0 Å². The normalized spacial score (nSPS) is 16.3. The molecule has 1 fully saturated rings. The molecule has 0 amide bonds. The summed E-state index contributed by atoms with van der Waals surface area (Å²) in [5.74, 6) is 1.05. The lowest BCUT2D eigenvalue weighted by molar-refractivity contribution is 0.0972. The lowest BCUT2D eigenvalue weighted by Crippen LogP contribution is -2.28. The van der Waals surface area contributed by atoms with Gasteiger partial charge >= 0.3 is 0 Å². The quantitative estimate of drug-likeness (QED) is 0.753. The number of rotatable bonds is 7. The summed E-state index contributed by atoms with van der Waals surface area (Å²) in [5, 5.41) is 3.25. The van der Waals surface area contributed by atoms with Crippen molar-refractivity contribution in [2.45, 2.75) is 45.3 Å². The van der Waals surface area contributed by atoms with Gasteiger partial charge in [-0.05, 0) is 50.6 Å². The molecule has 1 aliphatic rings.